The van der Waals surface area contributed by atoms with E-state index in [1.807, 2.05) is 44.3 Å². The van der Waals surface area contributed by atoms with E-state index in [0.29, 0.717) is 18.8 Å². The molecule has 154 valence electrons. The Balaban J connectivity index is 1.49. The molecule has 0 aromatic carbocycles. The van der Waals surface area contributed by atoms with Crippen molar-refractivity contribution in [1.82, 2.24) is 25.3 Å². The average molecular weight is 404 g/mol. The normalized spacial score (nSPS) is 16.4. The molecule has 0 aliphatic carbocycles. The highest BCUT2D eigenvalue weighted by Crippen LogP contribution is 2.26. The summed E-state index contributed by atoms with van der Waals surface area (Å²) < 4.78 is 5.97. The molecular formula is C22H24N6O2. The van der Waals surface area contributed by atoms with Gasteiger partial charge in [-0.1, -0.05) is 12.1 Å². The van der Waals surface area contributed by atoms with E-state index in [0.717, 1.165) is 40.7 Å². The molecule has 3 aromatic rings. The number of pyridine rings is 2. The van der Waals surface area contributed by atoms with Gasteiger partial charge in [0.2, 0.25) is 0 Å². The summed E-state index contributed by atoms with van der Waals surface area (Å²) in [6.45, 7) is 5.97. The van der Waals surface area contributed by atoms with Crippen LogP contribution in [0.15, 0.2) is 42.7 Å². The Morgan fingerprint density at radius 2 is 1.87 bits per heavy atom. The van der Waals surface area contributed by atoms with Crippen LogP contribution in [-0.2, 0) is 4.74 Å². The molecule has 1 saturated heterocycles. The lowest BCUT2D eigenvalue weighted by Crippen LogP contribution is -2.39. The largest absolute Gasteiger partial charge is 0.368 e. The molecule has 0 spiro atoms. The van der Waals surface area contributed by atoms with Crippen molar-refractivity contribution in [1.29, 1.82) is 0 Å². The van der Waals surface area contributed by atoms with E-state index >= 15 is 0 Å². The summed E-state index contributed by atoms with van der Waals surface area (Å²) in [5, 5.41) is 2.57. The molecule has 4 heterocycles. The van der Waals surface area contributed by atoms with E-state index in [2.05, 4.69) is 30.2 Å². The molecule has 1 atom stereocenters. The molecule has 0 saturated carbocycles. The maximum Gasteiger partial charge on any atom is 0.269 e. The van der Waals surface area contributed by atoms with Gasteiger partial charge in [-0.05, 0) is 26.0 Å². The van der Waals surface area contributed by atoms with E-state index in [1.54, 1.807) is 19.3 Å². The van der Waals surface area contributed by atoms with Crippen LogP contribution in [0.1, 0.15) is 33.8 Å². The number of anilines is 1. The predicted molar refractivity (Wildman–Crippen MR) is 113 cm³/mol. The Bertz CT molecular complexity index is 1020. The Kier molecular flexibility index (Phi) is 5.67. The van der Waals surface area contributed by atoms with Crippen molar-refractivity contribution in [2.75, 3.05) is 31.6 Å². The van der Waals surface area contributed by atoms with Crippen molar-refractivity contribution in [2.45, 2.75) is 20.0 Å². The van der Waals surface area contributed by atoms with E-state index in [9.17, 15) is 4.79 Å². The van der Waals surface area contributed by atoms with Crippen molar-refractivity contribution in [3.8, 4) is 11.1 Å². The molecule has 3 aromatic heterocycles. The molecule has 8 nitrogen and oxygen atoms in total. The zero-order valence-electron chi connectivity index (χ0n) is 17.3. The fourth-order valence-corrected chi connectivity index (χ4v) is 3.49. The van der Waals surface area contributed by atoms with Gasteiger partial charge in [0.05, 0.1) is 18.8 Å². The standard InChI is InChI=1S/C22H24N6O2/c1-14-10-21(27-15(2)26-14)28-8-9-30-20(13-28)18-6-4-16(11-24-18)17-5-7-19(25-12-17)22(29)23-3/h4-7,10-12,20H,8-9,13H2,1-3H3,(H,23,29)/t20-/m0/s1. The van der Waals surface area contributed by atoms with E-state index < -0.39 is 0 Å². The minimum absolute atomic E-state index is 0.128. The lowest BCUT2D eigenvalue weighted by Gasteiger charge is -2.33. The smallest absolute Gasteiger partial charge is 0.269 e. The third kappa shape index (κ3) is 4.28. The Morgan fingerprint density at radius 1 is 1.10 bits per heavy atom. The first-order valence-electron chi connectivity index (χ1n) is 9.87. The maximum absolute atomic E-state index is 11.6. The molecule has 0 radical (unpaired) electrons. The highest BCUT2D eigenvalue weighted by Gasteiger charge is 2.24. The molecule has 0 bridgehead atoms. The fraction of sp³-hybridized carbons (Fsp3) is 0.318. The van der Waals surface area contributed by atoms with Gasteiger partial charge in [0.15, 0.2) is 0 Å². The first kappa shape index (κ1) is 19.9. The number of hydrogen-bond donors (Lipinski definition) is 1. The molecule has 8 heteroatoms. The number of ether oxygens (including phenoxy) is 1. The van der Waals surface area contributed by atoms with E-state index in [1.165, 1.54) is 0 Å². The lowest BCUT2D eigenvalue weighted by atomic mass is 10.1. The van der Waals surface area contributed by atoms with Gasteiger partial charge < -0.3 is 15.0 Å². The Hall–Kier alpha value is -3.39. The van der Waals surface area contributed by atoms with Crippen molar-refractivity contribution < 1.29 is 9.53 Å². The highest BCUT2D eigenvalue weighted by molar-refractivity contribution is 5.92. The topological polar surface area (TPSA) is 93.1 Å². The van der Waals surface area contributed by atoms with Gasteiger partial charge in [0.25, 0.3) is 5.91 Å². The van der Waals surface area contributed by atoms with E-state index in [4.69, 9.17) is 4.74 Å². The Labute approximate surface area is 175 Å². The van der Waals surface area contributed by atoms with Crippen LogP contribution in [0.2, 0.25) is 0 Å². The number of nitrogens with one attached hydrogen (secondary N) is 1. The quantitative estimate of drug-likeness (QED) is 0.714. The summed E-state index contributed by atoms with van der Waals surface area (Å²) in [7, 11) is 1.59. The highest BCUT2D eigenvalue weighted by atomic mass is 16.5. The molecule has 30 heavy (non-hydrogen) atoms. The molecule has 0 unspecified atom stereocenters. The molecule has 1 N–H and O–H groups in total. The summed E-state index contributed by atoms with van der Waals surface area (Å²) in [4.78, 5) is 31.6. The Morgan fingerprint density at radius 3 is 2.50 bits per heavy atom. The van der Waals surface area contributed by atoms with Crippen LogP contribution in [0.4, 0.5) is 5.82 Å². The summed E-state index contributed by atoms with van der Waals surface area (Å²) in [5.74, 6) is 1.49. The van der Waals surface area contributed by atoms with Gasteiger partial charge in [-0.25, -0.2) is 9.97 Å². The first-order chi connectivity index (χ1) is 14.5. The van der Waals surface area contributed by atoms with Crippen molar-refractivity contribution in [3.63, 3.8) is 0 Å². The van der Waals surface area contributed by atoms with Gasteiger partial charge >= 0.3 is 0 Å². The minimum Gasteiger partial charge on any atom is -0.368 e. The van der Waals surface area contributed by atoms with Gasteiger partial charge in [-0.2, -0.15) is 0 Å². The van der Waals surface area contributed by atoms with Crippen LogP contribution >= 0.6 is 0 Å². The van der Waals surface area contributed by atoms with Gasteiger partial charge in [0, 0.05) is 48.9 Å². The summed E-state index contributed by atoms with van der Waals surface area (Å²) in [5.41, 5.74) is 4.06. The van der Waals surface area contributed by atoms with Crippen LogP contribution in [0.5, 0.6) is 0 Å². The van der Waals surface area contributed by atoms with Crippen LogP contribution in [0.3, 0.4) is 0 Å². The average Bonchev–Trinajstić information content (AvgIpc) is 2.78. The molecule has 1 aliphatic rings. The predicted octanol–water partition coefficient (Wildman–Crippen LogP) is 2.49. The van der Waals surface area contributed by atoms with Crippen molar-refractivity contribution in [2.24, 2.45) is 0 Å². The van der Waals surface area contributed by atoms with Crippen LogP contribution < -0.4 is 10.2 Å². The number of hydrogen-bond acceptors (Lipinski definition) is 7. The third-order valence-electron chi connectivity index (χ3n) is 5.02. The number of morpholine rings is 1. The summed E-state index contributed by atoms with van der Waals surface area (Å²) in [6, 6.07) is 9.55. The number of nitrogens with zero attached hydrogens (tertiary/aromatic N) is 5. The summed E-state index contributed by atoms with van der Waals surface area (Å²) >= 11 is 0. The zero-order chi connectivity index (χ0) is 21.1. The molecule has 4 rings (SSSR count). The number of rotatable bonds is 4. The van der Waals surface area contributed by atoms with Crippen LogP contribution in [0, 0.1) is 13.8 Å². The van der Waals surface area contributed by atoms with Crippen LogP contribution in [0.25, 0.3) is 11.1 Å². The second kappa shape index (κ2) is 8.54. The number of aromatic nitrogens is 4. The lowest BCUT2D eigenvalue weighted by molar-refractivity contribution is 0.0367. The van der Waals surface area contributed by atoms with Crippen molar-refractivity contribution in [3.05, 3.63) is 65.6 Å². The zero-order valence-corrected chi connectivity index (χ0v) is 17.3. The number of carbonyl (C=O) groups is 1. The number of amides is 1. The number of carbonyl (C=O) groups excluding carboxylic acids is 1. The minimum atomic E-state index is -0.205. The fourth-order valence-electron chi connectivity index (χ4n) is 3.49. The second-order valence-electron chi connectivity index (χ2n) is 7.20. The second-order valence-corrected chi connectivity index (χ2v) is 7.20. The van der Waals surface area contributed by atoms with Crippen molar-refractivity contribution >= 4 is 11.7 Å². The van der Waals surface area contributed by atoms with Gasteiger partial charge in [-0.3, -0.25) is 14.8 Å². The SMILES string of the molecule is CNC(=O)c1ccc(-c2ccc([C@@H]3CN(c4cc(C)nc(C)n4)CCO3)nc2)cn1. The monoisotopic (exact) mass is 404 g/mol. The molecule has 1 aliphatic heterocycles. The van der Waals surface area contributed by atoms with E-state index in [-0.39, 0.29) is 12.0 Å². The number of aryl methyl sites for hydroxylation is 2. The van der Waals surface area contributed by atoms with Crippen LogP contribution in [-0.4, -0.2) is 52.6 Å². The molecule has 1 amide bonds. The van der Waals surface area contributed by atoms with Gasteiger partial charge in [-0.15, -0.1) is 0 Å². The van der Waals surface area contributed by atoms with Gasteiger partial charge in [0.1, 0.15) is 23.4 Å². The molecular weight excluding hydrogens is 380 g/mol. The third-order valence-corrected chi connectivity index (χ3v) is 5.02. The maximum atomic E-state index is 11.6. The molecule has 1 fully saturated rings. The summed E-state index contributed by atoms with van der Waals surface area (Å²) in [6.07, 6.45) is 3.37. The first-order valence-corrected chi connectivity index (χ1v) is 9.87.